The highest BCUT2D eigenvalue weighted by atomic mass is 32.2. The first kappa shape index (κ1) is 17.4. The first-order valence-corrected chi connectivity index (χ1v) is 9.01. The molecular formula is C20H19FN2OS. The Morgan fingerprint density at radius 1 is 1.08 bits per heavy atom. The smallest absolute Gasteiger partial charge is 0.257 e. The fourth-order valence-corrected chi connectivity index (χ4v) is 3.60. The molecule has 0 saturated carbocycles. The predicted octanol–water partition coefficient (Wildman–Crippen LogP) is 4.11. The van der Waals surface area contributed by atoms with Crippen molar-refractivity contribution < 1.29 is 4.39 Å². The van der Waals surface area contributed by atoms with E-state index in [1.807, 2.05) is 31.2 Å². The van der Waals surface area contributed by atoms with Crippen LogP contribution in [-0.2, 0) is 19.2 Å². The Kier molecular flexibility index (Phi) is 5.34. The number of thioether (sulfide) groups is 1. The van der Waals surface area contributed by atoms with Gasteiger partial charge in [-0.05, 0) is 30.2 Å². The van der Waals surface area contributed by atoms with Gasteiger partial charge in [-0.2, -0.15) is 0 Å². The fraction of sp³-hybridized carbons (Fsp3) is 0.200. The molecule has 0 N–H and O–H groups in total. The minimum Gasteiger partial charge on any atom is -0.291 e. The molecule has 5 heteroatoms. The molecule has 0 aliphatic heterocycles. The lowest BCUT2D eigenvalue weighted by atomic mass is 10.1. The van der Waals surface area contributed by atoms with Crippen molar-refractivity contribution in [2.75, 3.05) is 0 Å². The number of halogens is 1. The number of aromatic nitrogens is 2. The second-order valence-corrected chi connectivity index (χ2v) is 6.85. The lowest BCUT2D eigenvalue weighted by Crippen LogP contribution is -2.25. The highest BCUT2D eigenvalue weighted by Gasteiger charge is 2.13. The van der Waals surface area contributed by atoms with Gasteiger partial charge in [0.15, 0.2) is 5.16 Å². The van der Waals surface area contributed by atoms with Gasteiger partial charge >= 0.3 is 0 Å². The Morgan fingerprint density at radius 2 is 1.80 bits per heavy atom. The number of benzene rings is 2. The Balaban J connectivity index is 1.85. The van der Waals surface area contributed by atoms with Crippen LogP contribution in [0.4, 0.5) is 4.39 Å². The summed E-state index contributed by atoms with van der Waals surface area (Å²) in [6.45, 7) is 1.84. The molecule has 1 aromatic heterocycles. The van der Waals surface area contributed by atoms with E-state index in [0.717, 1.165) is 11.3 Å². The zero-order valence-electron chi connectivity index (χ0n) is 14.2. The molecule has 0 spiro atoms. The molecule has 0 atom stereocenters. The van der Waals surface area contributed by atoms with Crippen LogP contribution in [0.3, 0.4) is 0 Å². The fourth-order valence-electron chi connectivity index (χ4n) is 2.64. The molecule has 0 unspecified atom stereocenters. The van der Waals surface area contributed by atoms with Crippen LogP contribution in [0.1, 0.15) is 22.4 Å². The maximum absolute atomic E-state index is 13.4. The van der Waals surface area contributed by atoms with Crippen molar-refractivity contribution in [3.8, 4) is 0 Å². The highest BCUT2D eigenvalue weighted by Crippen LogP contribution is 2.21. The second kappa shape index (κ2) is 7.66. The molecule has 0 aliphatic rings. The minimum atomic E-state index is -0.296. The van der Waals surface area contributed by atoms with Crippen LogP contribution < -0.4 is 5.56 Å². The molecule has 0 fully saturated rings. The van der Waals surface area contributed by atoms with Crippen molar-refractivity contribution in [3.05, 3.63) is 93.2 Å². The van der Waals surface area contributed by atoms with Crippen LogP contribution in [0.25, 0.3) is 0 Å². The predicted molar refractivity (Wildman–Crippen MR) is 99.4 cm³/mol. The summed E-state index contributed by atoms with van der Waals surface area (Å²) in [5.74, 6) is 0.457. The molecule has 0 radical (unpaired) electrons. The van der Waals surface area contributed by atoms with Gasteiger partial charge in [0.2, 0.25) is 0 Å². The summed E-state index contributed by atoms with van der Waals surface area (Å²) in [4.78, 5) is 17.3. The minimum absolute atomic E-state index is 0.0766. The van der Waals surface area contributed by atoms with E-state index in [1.54, 1.807) is 17.7 Å². The third-order valence-corrected chi connectivity index (χ3v) is 5.13. The average Bonchev–Trinajstić information content (AvgIpc) is 2.61. The molecule has 0 saturated heterocycles. The van der Waals surface area contributed by atoms with Crippen molar-refractivity contribution in [3.63, 3.8) is 0 Å². The van der Waals surface area contributed by atoms with E-state index in [9.17, 15) is 9.18 Å². The van der Waals surface area contributed by atoms with E-state index >= 15 is 0 Å². The Morgan fingerprint density at radius 3 is 2.52 bits per heavy atom. The first-order valence-electron chi connectivity index (χ1n) is 8.02. The van der Waals surface area contributed by atoms with Gasteiger partial charge in [-0.15, -0.1) is 0 Å². The third kappa shape index (κ3) is 4.17. The summed E-state index contributed by atoms with van der Waals surface area (Å²) in [6.07, 6.45) is 0.382. The zero-order chi connectivity index (χ0) is 17.8. The molecule has 128 valence electrons. The molecule has 0 aliphatic carbocycles. The van der Waals surface area contributed by atoms with Crippen LogP contribution in [0, 0.1) is 12.7 Å². The van der Waals surface area contributed by atoms with Crippen molar-refractivity contribution in [2.45, 2.75) is 24.3 Å². The van der Waals surface area contributed by atoms with Gasteiger partial charge < -0.3 is 0 Å². The van der Waals surface area contributed by atoms with Gasteiger partial charge in [0.25, 0.3) is 5.56 Å². The summed E-state index contributed by atoms with van der Waals surface area (Å²) < 4.78 is 15.0. The molecule has 1 heterocycles. The monoisotopic (exact) mass is 354 g/mol. The van der Waals surface area contributed by atoms with Crippen LogP contribution in [0.5, 0.6) is 0 Å². The molecule has 25 heavy (non-hydrogen) atoms. The van der Waals surface area contributed by atoms with Crippen LogP contribution in [0.15, 0.2) is 64.5 Å². The lowest BCUT2D eigenvalue weighted by Gasteiger charge is -2.12. The van der Waals surface area contributed by atoms with Gasteiger partial charge in [0.1, 0.15) is 5.82 Å². The van der Waals surface area contributed by atoms with E-state index in [4.69, 9.17) is 0 Å². The molecule has 3 aromatic rings. The Hall–Kier alpha value is -2.40. The number of rotatable bonds is 5. The standard InChI is InChI=1S/C20H19FN2OS/c1-14-18(12-16-9-6-10-17(21)11-16)19(24)23(2)20(22-14)25-13-15-7-4-3-5-8-15/h3-11H,12-13H2,1-2H3. The van der Waals surface area contributed by atoms with E-state index in [1.165, 1.54) is 29.5 Å². The van der Waals surface area contributed by atoms with E-state index < -0.39 is 0 Å². The SMILES string of the molecule is Cc1nc(SCc2ccccc2)n(C)c(=O)c1Cc1cccc(F)c1. The number of aryl methyl sites for hydroxylation is 1. The molecular weight excluding hydrogens is 335 g/mol. The van der Waals surface area contributed by atoms with Gasteiger partial charge in [0.05, 0.1) is 0 Å². The van der Waals surface area contributed by atoms with Gasteiger partial charge in [-0.3, -0.25) is 9.36 Å². The molecule has 0 amide bonds. The van der Waals surface area contributed by atoms with Gasteiger partial charge in [-0.1, -0.05) is 54.2 Å². The maximum Gasteiger partial charge on any atom is 0.257 e. The maximum atomic E-state index is 13.4. The summed E-state index contributed by atoms with van der Waals surface area (Å²) in [5.41, 5.74) is 3.18. The quantitative estimate of drug-likeness (QED) is 0.511. The lowest BCUT2D eigenvalue weighted by molar-refractivity contribution is 0.625. The topological polar surface area (TPSA) is 34.9 Å². The molecule has 2 aromatic carbocycles. The van der Waals surface area contributed by atoms with Crippen LogP contribution in [0.2, 0.25) is 0 Å². The van der Waals surface area contributed by atoms with Crippen LogP contribution in [-0.4, -0.2) is 9.55 Å². The normalized spacial score (nSPS) is 10.8. The van der Waals surface area contributed by atoms with E-state index in [2.05, 4.69) is 17.1 Å². The molecule has 0 bridgehead atoms. The average molecular weight is 354 g/mol. The van der Waals surface area contributed by atoms with Crippen molar-refractivity contribution in [2.24, 2.45) is 7.05 Å². The highest BCUT2D eigenvalue weighted by molar-refractivity contribution is 7.98. The number of nitrogens with zero attached hydrogens (tertiary/aromatic N) is 2. The summed E-state index contributed by atoms with van der Waals surface area (Å²) in [6, 6.07) is 16.4. The summed E-state index contributed by atoms with van der Waals surface area (Å²) >= 11 is 1.54. The van der Waals surface area contributed by atoms with Crippen molar-refractivity contribution in [1.82, 2.24) is 9.55 Å². The Labute approximate surface area is 150 Å². The third-order valence-electron chi connectivity index (χ3n) is 4.03. The first-order chi connectivity index (χ1) is 12.0. The summed E-state index contributed by atoms with van der Waals surface area (Å²) in [5, 5.41) is 0.689. The van der Waals surface area contributed by atoms with E-state index in [-0.39, 0.29) is 11.4 Å². The second-order valence-electron chi connectivity index (χ2n) is 5.90. The number of hydrogen-bond donors (Lipinski definition) is 0. The van der Waals surface area contributed by atoms with Crippen molar-refractivity contribution in [1.29, 1.82) is 0 Å². The van der Waals surface area contributed by atoms with Gasteiger partial charge in [-0.25, -0.2) is 9.37 Å². The van der Waals surface area contributed by atoms with Gasteiger partial charge in [0, 0.05) is 30.5 Å². The summed E-state index contributed by atoms with van der Waals surface area (Å²) in [7, 11) is 1.73. The molecule has 3 nitrogen and oxygen atoms in total. The largest absolute Gasteiger partial charge is 0.291 e. The van der Waals surface area contributed by atoms with Crippen molar-refractivity contribution >= 4 is 11.8 Å². The zero-order valence-corrected chi connectivity index (χ0v) is 15.0. The van der Waals surface area contributed by atoms with Crippen LogP contribution >= 0.6 is 11.8 Å². The Bertz CT molecular complexity index is 938. The number of hydrogen-bond acceptors (Lipinski definition) is 3. The van der Waals surface area contributed by atoms with E-state index in [0.29, 0.717) is 22.8 Å². The molecule has 3 rings (SSSR count).